The maximum atomic E-state index is 5.19. The van der Waals surface area contributed by atoms with Gasteiger partial charge in [0, 0.05) is 24.0 Å². The summed E-state index contributed by atoms with van der Waals surface area (Å²) in [5, 5.41) is 0.987. The summed E-state index contributed by atoms with van der Waals surface area (Å²) >= 11 is 1.66. The molecule has 0 saturated heterocycles. The van der Waals surface area contributed by atoms with Gasteiger partial charge < -0.3 is 4.74 Å². The Bertz CT molecular complexity index is 649. The van der Waals surface area contributed by atoms with Gasteiger partial charge in [-0.05, 0) is 24.3 Å². The molecule has 0 amide bonds. The first kappa shape index (κ1) is 10.2. The van der Waals surface area contributed by atoms with Crippen LogP contribution >= 0.6 is 11.3 Å². The van der Waals surface area contributed by atoms with E-state index in [2.05, 4.69) is 9.97 Å². The summed E-state index contributed by atoms with van der Waals surface area (Å²) in [6.45, 7) is 0. The highest BCUT2D eigenvalue weighted by Crippen LogP contribution is 2.31. The number of thiazole rings is 1. The standard InChI is InChI=1S/C13H10N2OS/c1-16-10-4-5-12-11(7-10)15-13(17-12)9-3-2-6-14-8-9/h2-8H,1H3. The van der Waals surface area contributed by atoms with Crippen LogP contribution in [0.3, 0.4) is 0 Å². The van der Waals surface area contributed by atoms with Crippen molar-refractivity contribution in [1.82, 2.24) is 9.97 Å². The quantitative estimate of drug-likeness (QED) is 0.691. The van der Waals surface area contributed by atoms with Gasteiger partial charge in [0.2, 0.25) is 0 Å². The summed E-state index contributed by atoms with van der Waals surface area (Å²) in [6, 6.07) is 9.87. The average molecular weight is 242 g/mol. The summed E-state index contributed by atoms with van der Waals surface area (Å²) in [6.07, 6.45) is 3.59. The Morgan fingerprint density at radius 3 is 2.94 bits per heavy atom. The number of aromatic nitrogens is 2. The van der Waals surface area contributed by atoms with Gasteiger partial charge in [0.1, 0.15) is 10.8 Å². The van der Waals surface area contributed by atoms with Gasteiger partial charge in [-0.1, -0.05) is 0 Å². The number of methoxy groups -OCH3 is 1. The van der Waals surface area contributed by atoms with E-state index in [-0.39, 0.29) is 0 Å². The molecule has 0 saturated carbocycles. The van der Waals surface area contributed by atoms with Crippen LogP contribution in [0.15, 0.2) is 42.7 Å². The molecule has 4 heteroatoms. The van der Waals surface area contributed by atoms with Gasteiger partial charge >= 0.3 is 0 Å². The van der Waals surface area contributed by atoms with E-state index in [1.807, 2.05) is 36.5 Å². The monoisotopic (exact) mass is 242 g/mol. The SMILES string of the molecule is COc1ccc2sc(-c3cccnc3)nc2c1. The Morgan fingerprint density at radius 2 is 2.18 bits per heavy atom. The number of pyridine rings is 1. The molecule has 0 unspecified atom stereocenters. The summed E-state index contributed by atoms with van der Waals surface area (Å²) in [5.74, 6) is 0.834. The highest BCUT2D eigenvalue weighted by atomic mass is 32.1. The predicted octanol–water partition coefficient (Wildman–Crippen LogP) is 3.37. The Balaban J connectivity index is 2.14. The van der Waals surface area contributed by atoms with Gasteiger partial charge in [0.15, 0.2) is 0 Å². The first-order valence-electron chi connectivity index (χ1n) is 5.22. The smallest absolute Gasteiger partial charge is 0.126 e. The number of fused-ring (bicyclic) bond motifs is 1. The molecule has 3 rings (SSSR count). The summed E-state index contributed by atoms with van der Waals surface area (Å²) in [4.78, 5) is 8.70. The summed E-state index contributed by atoms with van der Waals surface area (Å²) in [5.41, 5.74) is 2.01. The van der Waals surface area contributed by atoms with Gasteiger partial charge in [-0.25, -0.2) is 4.98 Å². The molecule has 0 N–H and O–H groups in total. The average Bonchev–Trinajstić information content (AvgIpc) is 2.82. The Morgan fingerprint density at radius 1 is 1.24 bits per heavy atom. The Hall–Kier alpha value is -1.94. The van der Waals surface area contributed by atoms with Crippen molar-refractivity contribution in [2.45, 2.75) is 0 Å². The van der Waals surface area contributed by atoms with E-state index in [0.717, 1.165) is 26.5 Å². The van der Waals surface area contributed by atoms with E-state index in [1.54, 1.807) is 24.6 Å². The molecule has 0 atom stereocenters. The Labute approximate surface area is 103 Å². The lowest BCUT2D eigenvalue weighted by Crippen LogP contribution is -1.81. The van der Waals surface area contributed by atoms with E-state index in [9.17, 15) is 0 Å². The van der Waals surface area contributed by atoms with Crippen molar-refractivity contribution in [2.75, 3.05) is 7.11 Å². The summed E-state index contributed by atoms with van der Waals surface area (Å²) in [7, 11) is 1.66. The summed E-state index contributed by atoms with van der Waals surface area (Å²) < 4.78 is 6.35. The normalized spacial score (nSPS) is 10.6. The van der Waals surface area contributed by atoms with E-state index in [4.69, 9.17) is 4.74 Å². The maximum absolute atomic E-state index is 5.19. The minimum absolute atomic E-state index is 0.834. The fourth-order valence-electron chi connectivity index (χ4n) is 1.65. The third-order valence-corrected chi connectivity index (χ3v) is 3.59. The fourth-order valence-corrected chi connectivity index (χ4v) is 2.58. The molecule has 0 aliphatic heterocycles. The molecule has 0 aliphatic rings. The van der Waals surface area contributed by atoms with Crippen LogP contribution in [0.25, 0.3) is 20.8 Å². The molecular formula is C13H10N2OS. The van der Waals surface area contributed by atoms with Crippen LogP contribution in [0.4, 0.5) is 0 Å². The fraction of sp³-hybridized carbons (Fsp3) is 0.0769. The Kier molecular flexibility index (Phi) is 2.49. The lowest BCUT2D eigenvalue weighted by molar-refractivity contribution is 0.415. The van der Waals surface area contributed by atoms with E-state index < -0.39 is 0 Å². The topological polar surface area (TPSA) is 35.0 Å². The zero-order valence-electron chi connectivity index (χ0n) is 9.25. The molecule has 0 fully saturated rings. The second-order valence-corrected chi connectivity index (χ2v) is 4.63. The van der Waals surface area contributed by atoms with Crippen LogP contribution < -0.4 is 4.74 Å². The lowest BCUT2D eigenvalue weighted by Gasteiger charge is -1.96. The highest BCUT2D eigenvalue weighted by molar-refractivity contribution is 7.21. The molecule has 0 bridgehead atoms. The van der Waals surface area contributed by atoms with Crippen molar-refractivity contribution in [3.63, 3.8) is 0 Å². The number of nitrogens with zero attached hydrogens (tertiary/aromatic N) is 2. The number of rotatable bonds is 2. The zero-order chi connectivity index (χ0) is 11.7. The molecule has 0 radical (unpaired) electrons. The van der Waals surface area contributed by atoms with E-state index in [0.29, 0.717) is 0 Å². The lowest BCUT2D eigenvalue weighted by atomic mass is 10.3. The maximum Gasteiger partial charge on any atom is 0.126 e. The van der Waals surface area contributed by atoms with Crippen molar-refractivity contribution in [3.8, 4) is 16.3 Å². The molecule has 3 nitrogen and oxygen atoms in total. The third kappa shape index (κ3) is 1.87. The number of benzene rings is 1. The van der Waals surface area contributed by atoms with Crippen LogP contribution in [0.5, 0.6) is 5.75 Å². The van der Waals surface area contributed by atoms with Gasteiger partial charge in [0.05, 0.1) is 17.3 Å². The van der Waals surface area contributed by atoms with Crippen LogP contribution in [-0.2, 0) is 0 Å². The zero-order valence-corrected chi connectivity index (χ0v) is 10.1. The molecule has 84 valence electrons. The molecular weight excluding hydrogens is 232 g/mol. The van der Waals surface area contributed by atoms with Gasteiger partial charge in [0.25, 0.3) is 0 Å². The molecule has 0 spiro atoms. The van der Waals surface area contributed by atoms with Crippen LogP contribution in [0, 0.1) is 0 Å². The largest absolute Gasteiger partial charge is 0.497 e. The van der Waals surface area contributed by atoms with Crippen molar-refractivity contribution in [3.05, 3.63) is 42.7 Å². The molecule has 0 aliphatic carbocycles. The molecule has 1 aromatic carbocycles. The first-order chi connectivity index (χ1) is 8.36. The van der Waals surface area contributed by atoms with Gasteiger partial charge in [-0.2, -0.15) is 0 Å². The van der Waals surface area contributed by atoms with Crippen LogP contribution in [0.1, 0.15) is 0 Å². The minimum Gasteiger partial charge on any atom is -0.497 e. The molecule has 3 aromatic rings. The van der Waals surface area contributed by atoms with E-state index in [1.165, 1.54) is 0 Å². The highest BCUT2D eigenvalue weighted by Gasteiger charge is 2.06. The van der Waals surface area contributed by atoms with Crippen LogP contribution in [0.2, 0.25) is 0 Å². The van der Waals surface area contributed by atoms with Crippen molar-refractivity contribution < 1.29 is 4.74 Å². The van der Waals surface area contributed by atoms with E-state index >= 15 is 0 Å². The number of hydrogen-bond donors (Lipinski definition) is 0. The van der Waals surface area contributed by atoms with Gasteiger partial charge in [-0.15, -0.1) is 11.3 Å². The first-order valence-corrected chi connectivity index (χ1v) is 6.03. The number of hydrogen-bond acceptors (Lipinski definition) is 4. The van der Waals surface area contributed by atoms with Crippen molar-refractivity contribution in [1.29, 1.82) is 0 Å². The molecule has 2 aromatic heterocycles. The molecule has 2 heterocycles. The minimum atomic E-state index is 0.834. The second kappa shape index (κ2) is 4.14. The third-order valence-electron chi connectivity index (χ3n) is 2.50. The van der Waals surface area contributed by atoms with Crippen LogP contribution in [-0.4, -0.2) is 17.1 Å². The van der Waals surface area contributed by atoms with Crippen molar-refractivity contribution in [2.24, 2.45) is 0 Å². The second-order valence-electron chi connectivity index (χ2n) is 3.59. The predicted molar refractivity (Wildman–Crippen MR) is 69.4 cm³/mol. The number of ether oxygens (including phenoxy) is 1. The van der Waals surface area contributed by atoms with Gasteiger partial charge in [-0.3, -0.25) is 4.98 Å². The molecule has 17 heavy (non-hydrogen) atoms. The van der Waals surface area contributed by atoms with Crippen molar-refractivity contribution >= 4 is 21.6 Å².